The Morgan fingerprint density at radius 1 is 1.12 bits per heavy atom. The molecule has 0 fully saturated rings. The van der Waals surface area contributed by atoms with Crippen LogP contribution in [0.15, 0.2) is 79.1 Å². The van der Waals surface area contributed by atoms with Crippen molar-refractivity contribution in [1.82, 2.24) is 19.7 Å². The molecule has 0 atom stereocenters. The van der Waals surface area contributed by atoms with Crippen molar-refractivity contribution in [3.8, 4) is 5.69 Å². The van der Waals surface area contributed by atoms with E-state index in [2.05, 4.69) is 15.1 Å². The molecule has 0 aliphatic heterocycles. The van der Waals surface area contributed by atoms with E-state index in [1.165, 1.54) is 28.4 Å². The molecule has 0 saturated heterocycles. The van der Waals surface area contributed by atoms with Crippen LogP contribution in [0.5, 0.6) is 0 Å². The summed E-state index contributed by atoms with van der Waals surface area (Å²) in [5, 5.41) is 16.0. The smallest absolute Gasteiger partial charge is 0.270 e. The lowest BCUT2D eigenvalue weighted by molar-refractivity contribution is -0.384. The van der Waals surface area contributed by atoms with E-state index in [1.54, 1.807) is 29.2 Å². The lowest BCUT2D eigenvalue weighted by atomic mass is 10.2. The number of non-ortho nitro benzene ring substituents is 1. The molecule has 2 aromatic carbocycles. The number of para-hydroxylation sites is 1. The Bertz CT molecular complexity index is 1500. The Balaban J connectivity index is 1.57. The molecule has 0 aliphatic rings. The normalized spacial score (nSPS) is 11.0. The van der Waals surface area contributed by atoms with Crippen molar-refractivity contribution in [2.45, 2.75) is 13.5 Å². The molecule has 34 heavy (non-hydrogen) atoms. The lowest BCUT2D eigenvalue weighted by Crippen LogP contribution is -2.31. The minimum atomic E-state index is -0.447. The van der Waals surface area contributed by atoms with Crippen LogP contribution in [-0.2, 0) is 6.54 Å². The molecular weight excluding hydrogens is 452 g/mol. The number of thiazole rings is 1. The van der Waals surface area contributed by atoms with Gasteiger partial charge >= 0.3 is 0 Å². The molecular formula is C24H18N6O3S. The van der Waals surface area contributed by atoms with Crippen molar-refractivity contribution in [2.75, 3.05) is 4.90 Å². The van der Waals surface area contributed by atoms with Crippen LogP contribution in [-0.4, -0.2) is 30.6 Å². The third-order valence-electron chi connectivity index (χ3n) is 5.33. The van der Waals surface area contributed by atoms with E-state index < -0.39 is 4.92 Å². The number of carbonyl (C=O) groups excluding carboxylic acids is 1. The number of carbonyl (C=O) groups is 1. The number of anilines is 1. The average molecular weight is 471 g/mol. The molecule has 0 radical (unpaired) electrons. The van der Waals surface area contributed by atoms with E-state index in [0.717, 1.165) is 5.69 Å². The molecule has 10 heteroatoms. The quantitative estimate of drug-likeness (QED) is 0.257. The molecule has 168 valence electrons. The van der Waals surface area contributed by atoms with E-state index >= 15 is 0 Å². The number of aromatic nitrogens is 4. The highest BCUT2D eigenvalue weighted by molar-refractivity contribution is 7.22. The van der Waals surface area contributed by atoms with Crippen LogP contribution in [0.4, 0.5) is 10.8 Å². The number of nitrogens with zero attached hydrogens (tertiary/aromatic N) is 6. The van der Waals surface area contributed by atoms with Crippen LogP contribution in [0.1, 0.15) is 21.7 Å². The topological polar surface area (TPSA) is 107 Å². The van der Waals surface area contributed by atoms with Gasteiger partial charge in [0.05, 0.1) is 50.5 Å². The van der Waals surface area contributed by atoms with Gasteiger partial charge < -0.3 is 0 Å². The highest BCUT2D eigenvalue weighted by Gasteiger charge is 2.26. The number of hydrogen-bond donors (Lipinski definition) is 0. The van der Waals surface area contributed by atoms with Crippen LogP contribution in [0, 0.1) is 17.0 Å². The Morgan fingerprint density at radius 3 is 2.65 bits per heavy atom. The van der Waals surface area contributed by atoms with Gasteiger partial charge in [0.2, 0.25) is 0 Å². The molecule has 0 spiro atoms. The van der Waals surface area contributed by atoms with Crippen LogP contribution < -0.4 is 4.90 Å². The van der Waals surface area contributed by atoms with E-state index in [0.29, 0.717) is 32.3 Å². The first kappa shape index (κ1) is 21.4. The van der Waals surface area contributed by atoms with Gasteiger partial charge in [-0.3, -0.25) is 24.8 Å². The maximum Gasteiger partial charge on any atom is 0.270 e. The fourth-order valence-electron chi connectivity index (χ4n) is 3.60. The number of amides is 1. The summed E-state index contributed by atoms with van der Waals surface area (Å²) in [6.07, 6.45) is 3.21. The summed E-state index contributed by atoms with van der Waals surface area (Å²) in [6, 6.07) is 19.5. The van der Waals surface area contributed by atoms with E-state index in [4.69, 9.17) is 0 Å². The Labute approximate surface area is 198 Å². The summed E-state index contributed by atoms with van der Waals surface area (Å²) in [5.41, 5.74) is 3.23. The van der Waals surface area contributed by atoms with Gasteiger partial charge in [0.15, 0.2) is 5.13 Å². The van der Waals surface area contributed by atoms with Gasteiger partial charge in [-0.1, -0.05) is 35.6 Å². The predicted octanol–water partition coefficient (Wildman–Crippen LogP) is 4.94. The van der Waals surface area contributed by atoms with Crippen molar-refractivity contribution in [1.29, 1.82) is 0 Å². The van der Waals surface area contributed by atoms with Gasteiger partial charge in [0.1, 0.15) is 0 Å². The van der Waals surface area contributed by atoms with E-state index in [1.807, 2.05) is 49.4 Å². The predicted molar refractivity (Wildman–Crippen MR) is 129 cm³/mol. The molecule has 0 bridgehead atoms. The lowest BCUT2D eigenvalue weighted by Gasteiger charge is -2.19. The fraction of sp³-hybridized carbons (Fsp3) is 0.0833. The van der Waals surface area contributed by atoms with E-state index in [-0.39, 0.29) is 18.1 Å². The zero-order valence-corrected chi connectivity index (χ0v) is 18.8. The molecule has 3 aromatic heterocycles. The number of pyridine rings is 1. The molecule has 1 amide bonds. The zero-order chi connectivity index (χ0) is 23.7. The molecule has 5 aromatic rings. The summed E-state index contributed by atoms with van der Waals surface area (Å²) in [4.78, 5) is 35.0. The highest BCUT2D eigenvalue weighted by Crippen LogP contribution is 2.33. The first-order valence-corrected chi connectivity index (χ1v) is 11.2. The summed E-state index contributed by atoms with van der Waals surface area (Å²) in [7, 11) is 0. The van der Waals surface area contributed by atoms with Crippen molar-refractivity contribution in [2.24, 2.45) is 0 Å². The number of nitro groups is 1. The van der Waals surface area contributed by atoms with Gasteiger partial charge in [-0.05, 0) is 37.3 Å². The van der Waals surface area contributed by atoms with Gasteiger partial charge in [-0.15, -0.1) is 0 Å². The number of nitro benzene ring substituents is 1. The maximum absolute atomic E-state index is 13.8. The first-order chi connectivity index (χ1) is 16.5. The van der Waals surface area contributed by atoms with Crippen molar-refractivity contribution < 1.29 is 9.72 Å². The second-order valence-corrected chi connectivity index (χ2v) is 8.52. The minimum Gasteiger partial charge on any atom is -0.278 e. The van der Waals surface area contributed by atoms with Gasteiger partial charge in [-0.25, -0.2) is 9.67 Å². The largest absolute Gasteiger partial charge is 0.278 e. The number of benzene rings is 2. The second kappa shape index (κ2) is 8.83. The van der Waals surface area contributed by atoms with Crippen molar-refractivity contribution >= 4 is 38.3 Å². The molecule has 0 saturated carbocycles. The maximum atomic E-state index is 13.8. The van der Waals surface area contributed by atoms with E-state index in [9.17, 15) is 14.9 Å². The van der Waals surface area contributed by atoms with Crippen LogP contribution in [0.2, 0.25) is 0 Å². The number of fused-ring (bicyclic) bond motifs is 1. The average Bonchev–Trinajstić information content (AvgIpc) is 3.46. The van der Waals surface area contributed by atoms with Crippen molar-refractivity contribution in [3.05, 3.63) is 106 Å². The van der Waals surface area contributed by atoms with Gasteiger partial charge in [0.25, 0.3) is 11.6 Å². The molecule has 9 nitrogen and oxygen atoms in total. The first-order valence-electron chi connectivity index (χ1n) is 10.4. The zero-order valence-electron chi connectivity index (χ0n) is 18.0. The minimum absolute atomic E-state index is 0.0229. The van der Waals surface area contributed by atoms with Crippen molar-refractivity contribution in [3.63, 3.8) is 0 Å². The summed E-state index contributed by atoms with van der Waals surface area (Å²) < 4.78 is 2.34. The van der Waals surface area contributed by atoms with Gasteiger partial charge in [-0.2, -0.15) is 5.10 Å². The number of rotatable bonds is 6. The fourth-order valence-corrected chi connectivity index (χ4v) is 4.60. The number of hydrogen-bond acceptors (Lipinski definition) is 7. The Hall–Kier alpha value is -4.44. The standard InChI is InChI=1S/C24H18N6O3S/c1-16-20(14-26-29(16)18-8-3-2-4-9-18)23(31)28(15-17-7-5-6-12-25-17)24-27-21-11-10-19(30(32)33)13-22(21)34-24/h2-14H,15H2,1H3. The van der Waals surface area contributed by atoms with Crippen LogP contribution in [0.25, 0.3) is 15.9 Å². The molecule has 3 heterocycles. The Morgan fingerprint density at radius 2 is 1.91 bits per heavy atom. The third kappa shape index (κ3) is 4.02. The highest BCUT2D eigenvalue weighted by atomic mass is 32.1. The monoisotopic (exact) mass is 470 g/mol. The summed E-state index contributed by atoms with van der Waals surface area (Å²) >= 11 is 1.22. The SMILES string of the molecule is Cc1c(C(=O)N(Cc2ccccn2)c2nc3ccc([N+](=O)[O-])cc3s2)cnn1-c1ccccc1. The van der Waals surface area contributed by atoms with Crippen LogP contribution >= 0.6 is 11.3 Å². The molecule has 0 N–H and O–H groups in total. The molecule has 5 rings (SSSR count). The molecule has 0 unspecified atom stereocenters. The summed E-state index contributed by atoms with van der Waals surface area (Å²) in [6.45, 7) is 2.03. The summed E-state index contributed by atoms with van der Waals surface area (Å²) in [5.74, 6) is -0.279. The van der Waals surface area contributed by atoms with Gasteiger partial charge in [0, 0.05) is 18.3 Å². The second-order valence-electron chi connectivity index (χ2n) is 7.51. The third-order valence-corrected chi connectivity index (χ3v) is 6.38. The van der Waals surface area contributed by atoms with Crippen LogP contribution in [0.3, 0.4) is 0 Å². The molecule has 0 aliphatic carbocycles. The Kier molecular flexibility index (Phi) is 5.56.